The molecule has 8 rings (SSSR count). The van der Waals surface area contributed by atoms with Crippen LogP contribution in [0.3, 0.4) is 0 Å². The number of benzene rings is 6. The van der Waals surface area contributed by atoms with Crippen molar-refractivity contribution in [2.75, 3.05) is 10.2 Å². The molecule has 1 N–H and O–H groups in total. The highest BCUT2D eigenvalue weighted by molar-refractivity contribution is 9.10. The Balaban J connectivity index is 1.31. The van der Waals surface area contributed by atoms with Crippen LogP contribution in [0.2, 0.25) is 0 Å². The van der Waals surface area contributed by atoms with E-state index in [1.165, 1.54) is 38.2 Å². The number of rotatable bonds is 2. The van der Waals surface area contributed by atoms with Gasteiger partial charge in [-0.2, -0.15) is 0 Å². The molecular weight excluding hydrogens is 530 g/mol. The van der Waals surface area contributed by atoms with Crippen LogP contribution >= 0.6 is 15.9 Å². The summed E-state index contributed by atoms with van der Waals surface area (Å²) in [6, 6.07) is 43.1. The topological polar surface area (TPSA) is 27.6 Å². The number of anilines is 2. The Morgan fingerprint density at radius 2 is 1.18 bits per heavy atom. The number of nitrogens with zero attached hydrogens (tertiary/aromatic N) is 2. The number of hydrogen-bond donors (Lipinski definition) is 1. The summed E-state index contributed by atoms with van der Waals surface area (Å²) < 4.78 is 1.14. The molecule has 0 saturated carbocycles. The Kier molecular flexibility index (Phi) is 4.73. The summed E-state index contributed by atoms with van der Waals surface area (Å²) in [5.74, 6) is 0.961. The van der Waals surface area contributed by atoms with Crippen LogP contribution in [0.5, 0.6) is 0 Å². The van der Waals surface area contributed by atoms with E-state index in [9.17, 15) is 0 Å². The Labute approximate surface area is 229 Å². The Hall–Kier alpha value is -4.41. The highest BCUT2D eigenvalue weighted by Crippen LogP contribution is 2.47. The van der Waals surface area contributed by atoms with E-state index < -0.39 is 0 Å². The lowest BCUT2D eigenvalue weighted by molar-refractivity contribution is 0.832. The molecule has 0 radical (unpaired) electrons. The molecule has 4 heteroatoms. The largest absolute Gasteiger partial charge is 0.359 e. The SMILES string of the molecule is Brc1c2ccccc2c(-c2ccc(C3=Nc4ccccc4C4Nc5ccccc5N34)cc2)c2ccccc12. The summed E-state index contributed by atoms with van der Waals surface area (Å²) in [5, 5.41) is 8.65. The zero-order chi connectivity index (χ0) is 25.2. The fraction of sp³-hybridized carbons (Fsp3) is 0.0294. The van der Waals surface area contributed by atoms with Crippen molar-refractivity contribution in [3.63, 3.8) is 0 Å². The van der Waals surface area contributed by atoms with E-state index in [-0.39, 0.29) is 6.17 Å². The maximum atomic E-state index is 5.17. The molecule has 0 aliphatic carbocycles. The van der Waals surface area contributed by atoms with Crippen LogP contribution in [0, 0.1) is 0 Å². The van der Waals surface area contributed by atoms with E-state index in [1.807, 2.05) is 0 Å². The summed E-state index contributed by atoms with van der Waals surface area (Å²) >= 11 is 3.88. The summed E-state index contributed by atoms with van der Waals surface area (Å²) in [7, 11) is 0. The van der Waals surface area contributed by atoms with Crippen LogP contribution in [0.1, 0.15) is 17.3 Å². The van der Waals surface area contributed by atoms with Crippen molar-refractivity contribution in [1.82, 2.24) is 0 Å². The molecule has 0 bridgehead atoms. The third-order valence-electron chi connectivity index (χ3n) is 7.70. The minimum Gasteiger partial charge on any atom is -0.359 e. The molecule has 1 unspecified atom stereocenters. The Morgan fingerprint density at radius 1 is 0.605 bits per heavy atom. The van der Waals surface area contributed by atoms with E-state index in [0.717, 1.165) is 32.9 Å². The second kappa shape index (κ2) is 8.30. The van der Waals surface area contributed by atoms with E-state index in [2.05, 4.69) is 147 Å². The van der Waals surface area contributed by atoms with Gasteiger partial charge in [0.1, 0.15) is 12.0 Å². The molecule has 38 heavy (non-hydrogen) atoms. The number of fused-ring (bicyclic) bond motifs is 7. The predicted molar refractivity (Wildman–Crippen MR) is 163 cm³/mol. The van der Waals surface area contributed by atoms with Gasteiger partial charge >= 0.3 is 0 Å². The fourth-order valence-electron chi connectivity index (χ4n) is 5.97. The number of hydrogen-bond acceptors (Lipinski definition) is 3. The highest BCUT2D eigenvalue weighted by Gasteiger charge is 2.37. The Bertz CT molecular complexity index is 1870. The van der Waals surface area contributed by atoms with Gasteiger partial charge in [-0.25, -0.2) is 4.99 Å². The molecule has 0 saturated heterocycles. The first-order valence-electron chi connectivity index (χ1n) is 12.8. The molecule has 3 nitrogen and oxygen atoms in total. The van der Waals surface area contributed by atoms with Gasteiger partial charge in [-0.05, 0) is 66.8 Å². The average molecular weight is 552 g/mol. The average Bonchev–Trinajstić information content (AvgIpc) is 3.38. The molecule has 2 aliphatic heterocycles. The summed E-state index contributed by atoms with van der Waals surface area (Å²) in [4.78, 5) is 7.50. The quantitative estimate of drug-likeness (QED) is 0.217. The molecule has 0 aromatic heterocycles. The third kappa shape index (κ3) is 3.10. The predicted octanol–water partition coefficient (Wildman–Crippen LogP) is 9.45. The first-order chi connectivity index (χ1) is 18.8. The number of nitrogens with one attached hydrogen (secondary N) is 1. The first-order valence-corrected chi connectivity index (χ1v) is 13.6. The van der Waals surface area contributed by atoms with E-state index in [4.69, 9.17) is 4.99 Å². The maximum absolute atomic E-state index is 5.17. The lowest BCUT2D eigenvalue weighted by Gasteiger charge is -2.33. The smallest absolute Gasteiger partial charge is 0.143 e. The zero-order valence-electron chi connectivity index (χ0n) is 20.4. The summed E-state index contributed by atoms with van der Waals surface area (Å²) in [6.45, 7) is 0. The van der Waals surface area contributed by atoms with Crippen molar-refractivity contribution < 1.29 is 0 Å². The van der Waals surface area contributed by atoms with Crippen molar-refractivity contribution in [1.29, 1.82) is 0 Å². The van der Waals surface area contributed by atoms with Crippen molar-refractivity contribution in [2.45, 2.75) is 6.17 Å². The van der Waals surface area contributed by atoms with Crippen LogP contribution in [0.15, 0.2) is 131 Å². The van der Waals surface area contributed by atoms with Gasteiger partial charge in [0, 0.05) is 15.6 Å². The minimum atomic E-state index is 0.0233. The molecule has 0 spiro atoms. The van der Waals surface area contributed by atoms with Gasteiger partial charge in [0.25, 0.3) is 0 Å². The number of halogens is 1. The molecule has 2 heterocycles. The first kappa shape index (κ1) is 21.7. The van der Waals surface area contributed by atoms with Gasteiger partial charge in [-0.3, -0.25) is 4.90 Å². The van der Waals surface area contributed by atoms with Gasteiger partial charge in [-0.15, -0.1) is 0 Å². The van der Waals surface area contributed by atoms with Crippen molar-refractivity contribution >= 4 is 60.4 Å². The molecule has 6 aromatic carbocycles. The fourth-order valence-corrected chi connectivity index (χ4v) is 6.67. The van der Waals surface area contributed by atoms with E-state index >= 15 is 0 Å². The molecule has 0 amide bonds. The van der Waals surface area contributed by atoms with Crippen molar-refractivity contribution in [2.24, 2.45) is 4.99 Å². The van der Waals surface area contributed by atoms with E-state index in [1.54, 1.807) is 0 Å². The van der Waals surface area contributed by atoms with Crippen LogP contribution in [0.25, 0.3) is 32.7 Å². The second-order valence-corrected chi connectivity index (χ2v) is 10.6. The van der Waals surface area contributed by atoms with Crippen LogP contribution in [-0.4, -0.2) is 5.84 Å². The Morgan fingerprint density at radius 3 is 1.92 bits per heavy atom. The van der Waals surface area contributed by atoms with Crippen molar-refractivity contribution in [3.8, 4) is 11.1 Å². The summed E-state index contributed by atoms with van der Waals surface area (Å²) in [5.41, 5.74) is 8.04. The molecule has 2 aliphatic rings. The normalized spacial score (nSPS) is 15.6. The maximum Gasteiger partial charge on any atom is 0.143 e. The van der Waals surface area contributed by atoms with Crippen molar-refractivity contribution in [3.05, 3.63) is 137 Å². The molecule has 0 fully saturated rings. The second-order valence-electron chi connectivity index (χ2n) is 9.79. The summed E-state index contributed by atoms with van der Waals surface area (Å²) in [6.07, 6.45) is 0.0233. The molecule has 6 aromatic rings. The number of amidine groups is 1. The van der Waals surface area contributed by atoms with Crippen LogP contribution < -0.4 is 10.2 Å². The minimum absolute atomic E-state index is 0.0233. The lowest BCUT2D eigenvalue weighted by atomic mass is 9.91. The van der Waals surface area contributed by atoms with Gasteiger partial charge in [0.05, 0.1) is 17.1 Å². The van der Waals surface area contributed by atoms with Gasteiger partial charge in [-0.1, -0.05) is 103 Å². The molecular formula is C34H22BrN3. The molecule has 1 atom stereocenters. The lowest BCUT2D eigenvalue weighted by Crippen LogP contribution is -2.37. The highest BCUT2D eigenvalue weighted by atomic mass is 79.9. The van der Waals surface area contributed by atoms with Gasteiger partial charge < -0.3 is 5.32 Å². The molecule has 180 valence electrons. The van der Waals surface area contributed by atoms with Crippen LogP contribution in [0.4, 0.5) is 17.1 Å². The van der Waals surface area contributed by atoms with Gasteiger partial charge in [0.15, 0.2) is 0 Å². The number of para-hydroxylation sites is 3. The van der Waals surface area contributed by atoms with Crippen LogP contribution in [-0.2, 0) is 0 Å². The monoisotopic (exact) mass is 551 g/mol. The standard InChI is InChI=1S/C34H22BrN3/c35-32-25-11-3-1-9-23(25)31(24-10-2-4-12-26(24)32)21-17-19-22(20-18-21)33-36-28-14-6-5-13-27(28)34-37-29-15-7-8-16-30(29)38(33)34/h1-20,34,37H. The number of aliphatic imine (C=N–C) groups is 1. The van der Waals surface area contributed by atoms with Gasteiger partial charge in [0.2, 0.25) is 0 Å². The zero-order valence-corrected chi connectivity index (χ0v) is 22.0. The van der Waals surface area contributed by atoms with E-state index in [0.29, 0.717) is 0 Å². The third-order valence-corrected chi connectivity index (χ3v) is 8.55.